The molecular weight excluding hydrogens is 436 g/mol. The van der Waals surface area contributed by atoms with Gasteiger partial charge in [-0.1, -0.05) is 60.3 Å². The lowest BCUT2D eigenvalue weighted by atomic mass is 10.1. The van der Waals surface area contributed by atoms with E-state index >= 15 is 0 Å². The Morgan fingerprint density at radius 2 is 1.61 bits per heavy atom. The van der Waals surface area contributed by atoms with Gasteiger partial charge in [-0.05, 0) is 36.4 Å². The number of ether oxygens (including phenoxy) is 1. The largest absolute Gasteiger partial charge is 0.457 e. The number of anilines is 1. The molecule has 0 saturated heterocycles. The number of aromatic nitrogens is 2. The molecule has 4 aromatic rings. The summed E-state index contributed by atoms with van der Waals surface area (Å²) in [7, 11) is 0. The highest BCUT2D eigenvalue weighted by Gasteiger charge is 2.14. The summed E-state index contributed by atoms with van der Waals surface area (Å²) >= 11 is 1.08. The van der Waals surface area contributed by atoms with Crippen LogP contribution in [-0.2, 0) is 4.79 Å². The molecule has 0 unspecified atom stereocenters. The highest BCUT2D eigenvalue weighted by Crippen LogP contribution is 2.24. The Morgan fingerprint density at radius 1 is 0.970 bits per heavy atom. The van der Waals surface area contributed by atoms with Gasteiger partial charge in [-0.2, -0.15) is 5.26 Å². The van der Waals surface area contributed by atoms with E-state index in [0.717, 1.165) is 17.5 Å². The van der Waals surface area contributed by atoms with Crippen molar-refractivity contribution in [3.05, 3.63) is 101 Å². The van der Waals surface area contributed by atoms with Crippen LogP contribution in [0.25, 0.3) is 11.3 Å². The van der Waals surface area contributed by atoms with E-state index in [4.69, 9.17) is 4.74 Å². The summed E-state index contributed by atoms with van der Waals surface area (Å²) < 4.78 is 5.74. The second-order valence-corrected chi connectivity index (χ2v) is 7.81. The van der Waals surface area contributed by atoms with Gasteiger partial charge in [-0.25, -0.2) is 4.98 Å². The summed E-state index contributed by atoms with van der Waals surface area (Å²) in [5.41, 5.74) is 0.964. The standard InChI is InChI=1S/C25H18N4O3S/c26-15-21-23(17-7-3-1-4-8-17)28-25(29-24(21)31)33-16-22(30)27-18-11-13-20(14-12-18)32-19-9-5-2-6-10-19/h1-14H,16H2,(H,27,30)(H,28,29,31). The molecule has 1 amide bonds. The van der Waals surface area contributed by atoms with Crippen molar-refractivity contribution in [2.24, 2.45) is 0 Å². The van der Waals surface area contributed by atoms with Gasteiger partial charge in [-0.15, -0.1) is 0 Å². The number of nitrogens with zero attached hydrogens (tertiary/aromatic N) is 2. The van der Waals surface area contributed by atoms with Crippen LogP contribution in [0.15, 0.2) is 94.9 Å². The van der Waals surface area contributed by atoms with Crippen molar-refractivity contribution in [1.29, 1.82) is 5.26 Å². The number of hydrogen-bond acceptors (Lipinski definition) is 6. The lowest BCUT2D eigenvalue weighted by molar-refractivity contribution is -0.113. The average molecular weight is 455 g/mol. The fraction of sp³-hybridized carbons (Fsp3) is 0.0400. The van der Waals surface area contributed by atoms with E-state index in [1.165, 1.54) is 0 Å². The van der Waals surface area contributed by atoms with E-state index in [0.29, 0.717) is 22.7 Å². The predicted octanol–water partition coefficient (Wildman–Crippen LogP) is 4.83. The number of hydrogen-bond donors (Lipinski definition) is 2. The van der Waals surface area contributed by atoms with Gasteiger partial charge < -0.3 is 15.0 Å². The Kier molecular flexibility index (Phi) is 6.83. The molecule has 4 rings (SSSR count). The van der Waals surface area contributed by atoms with Crippen LogP contribution in [0.4, 0.5) is 5.69 Å². The van der Waals surface area contributed by atoms with Gasteiger partial charge in [0.2, 0.25) is 5.91 Å². The van der Waals surface area contributed by atoms with Crippen LogP contribution in [0.2, 0.25) is 0 Å². The van der Waals surface area contributed by atoms with Crippen molar-refractivity contribution in [2.45, 2.75) is 5.16 Å². The second kappa shape index (κ2) is 10.3. The summed E-state index contributed by atoms with van der Waals surface area (Å²) in [6.45, 7) is 0. The van der Waals surface area contributed by atoms with Gasteiger partial charge in [0.25, 0.3) is 5.56 Å². The number of para-hydroxylation sites is 1. The Labute approximate surface area is 194 Å². The lowest BCUT2D eigenvalue weighted by Gasteiger charge is -2.09. The van der Waals surface area contributed by atoms with Gasteiger partial charge in [0, 0.05) is 11.3 Å². The number of benzene rings is 3. The number of nitrogens with one attached hydrogen (secondary N) is 2. The molecule has 0 aliphatic carbocycles. The number of thioether (sulfide) groups is 1. The van der Waals surface area contributed by atoms with Crippen LogP contribution in [0, 0.1) is 11.3 Å². The topological polar surface area (TPSA) is 108 Å². The fourth-order valence-corrected chi connectivity index (χ4v) is 3.65. The molecule has 0 saturated carbocycles. The van der Waals surface area contributed by atoms with Crippen LogP contribution >= 0.6 is 11.8 Å². The summed E-state index contributed by atoms with van der Waals surface area (Å²) in [4.78, 5) is 31.7. The van der Waals surface area contributed by atoms with Crippen LogP contribution in [0.1, 0.15) is 5.56 Å². The zero-order chi connectivity index (χ0) is 23.0. The third-order valence-electron chi connectivity index (χ3n) is 4.51. The molecule has 0 spiro atoms. The molecule has 162 valence electrons. The minimum atomic E-state index is -0.539. The number of amides is 1. The quantitative estimate of drug-likeness (QED) is 0.306. The van der Waals surface area contributed by atoms with E-state index in [2.05, 4.69) is 15.3 Å². The van der Waals surface area contributed by atoms with Crippen molar-refractivity contribution in [2.75, 3.05) is 11.1 Å². The summed E-state index contributed by atoms with van der Waals surface area (Å²) in [5, 5.41) is 12.4. The number of nitriles is 1. The van der Waals surface area contributed by atoms with Crippen molar-refractivity contribution in [3.8, 4) is 28.8 Å². The molecule has 33 heavy (non-hydrogen) atoms. The Hall–Kier alpha value is -4.35. The molecule has 3 aromatic carbocycles. The van der Waals surface area contributed by atoms with Crippen LogP contribution in [0.3, 0.4) is 0 Å². The van der Waals surface area contributed by atoms with E-state index in [1.54, 1.807) is 48.5 Å². The van der Waals surface area contributed by atoms with Crippen molar-refractivity contribution >= 4 is 23.4 Å². The van der Waals surface area contributed by atoms with Gasteiger partial charge in [-0.3, -0.25) is 9.59 Å². The lowest BCUT2D eigenvalue weighted by Crippen LogP contribution is -2.17. The van der Waals surface area contributed by atoms with Crippen LogP contribution in [-0.4, -0.2) is 21.6 Å². The van der Waals surface area contributed by atoms with E-state index < -0.39 is 5.56 Å². The van der Waals surface area contributed by atoms with Crippen molar-refractivity contribution in [1.82, 2.24) is 9.97 Å². The first kappa shape index (κ1) is 21.9. The maximum atomic E-state index is 12.4. The second-order valence-electron chi connectivity index (χ2n) is 6.85. The number of rotatable bonds is 7. The Morgan fingerprint density at radius 3 is 2.27 bits per heavy atom. The smallest absolute Gasteiger partial charge is 0.270 e. The monoisotopic (exact) mass is 454 g/mol. The third-order valence-corrected chi connectivity index (χ3v) is 5.39. The molecule has 0 bridgehead atoms. The summed E-state index contributed by atoms with van der Waals surface area (Å²) in [5.74, 6) is 1.15. The zero-order valence-electron chi connectivity index (χ0n) is 17.3. The third kappa shape index (κ3) is 5.67. The molecule has 0 atom stereocenters. The highest BCUT2D eigenvalue weighted by atomic mass is 32.2. The van der Waals surface area contributed by atoms with E-state index in [-0.39, 0.29) is 22.4 Å². The molecule has 0 aliphatic rings. The maximum Gasteiger partial charge on any atom is 0.270 e. The molecule has 1 heterocycles. The first-order valence-corrected chi connectivity index (χ1v) is 11.0. The molecule has 2 N–H and O–H groups in total. The minimum absolute atomic E-state index is 0.0331. The van der Waals surface area contributed by atoms with E-state index in [1.807, 2.05) is 42.5 Å². The number of carbonyl (C=O) groups excluding carboxylic acids is 1. The Bertz CT molecular complexity index is 1350. The van der Waals surface area contributed by atoms with Crippen LogP contribution < -0.4 is 15.6 Å². The van der Waals surface area contributed by atoms with Crippen LogP contribution in [0.5, 0.6) is 11.5 Å². The molecule has 1 aromatic heterocycles. The van der Waals surface area contributed by atoms with Gasteiger partial charge in [0.15, 0.2) is 5.16 Å². The van der Waals surface area contributed by atoms with Gasteiger partial charge in [0.1, 0.15) is 23.1 Å². The maximum absolute atomic E-state index is 12.4. The first-order valence-electron chi connectivity index (χ1n) is 9.98. The SMILES string of the molecule is N#Cc1c(-c2ccccc2)nc(SCC(=O)Nc2ccc(Oc3ccccc3)cc2)[nH]c1=O. The molecule has 8 heteroatoms. The molecule has 7 nitrogen and oxygen atoms in total. The van der Waals surface area contributed by atoms with Gasteiger partial charge >= 0.3 is 0 Å². The number of H-pyrrole nitrogens is 1. The predicted molar refractivity (Wildman–Crippen MR) is 127 cm³/mol. The van der Waals surface area contributed by atoms with Crippen molar-refractivity contribution < 1.29 is 9.53 Å². The minimum Gasteiger partial charge on any atom is -0.457 e. The fourth-order valence-electron chi connectivity index (χ4n) is 2.99. The number of carbonyl (C=O) groups is 1. The summed E-state index contributed by atoms with van der Waals surface area (Å²) in [6, 6.07) is 27.3. The molecular formula is C25H18N4O3S. The molecule has 0 aliphatic heterocycles. The molecule has 0 radical (unpaired) electrons. The first-order chi connectivity index (χ1) is 16.1. The highest BCUT2D eigenvalue weighted by molar-refractivity contribution is 7.99. The molecule has 0 fully saturated rings. The Balaban J connectivity index is 1.39. The number of aromatic amines is 1. The average Bonchev–Trinajstić information content (AvgIpc) is 2.85. The van der Waals surface area contributed by atoms with Gasteiger partial charge in [0.05, 0.1) is 11.4 Å². The van der Waals surface area contributed by atoms with Crippen molar-refractivity contribution in [3.63, 3.8) is 0 Å². The van der Waals surface area contributed by atoms with E-state index in [9.17, 15) is 14.9 Å². The zero-order valence-corrected chi connectivity index (χ0v) is 18.1. The normalized spacial score (nSPS) is 10.3. The summed E-state index contributed by atoms with van der Waals surface area (Å²) in [6.07, 6.45) is 0.